The number of hydrogen-bond donors (Lipinski definition) is 1. The van der Waals surface area contributed by atoms with Gasteiger partial charge in [0.05, 0.1) is 6.20 Å². The Bertz CT molecular complexity index is 530. The van der Waals surface area contributed by atoms with Crippen LogP contribution in [0.15, 0.2) is 23.4 Å². The Hall–Kier alpha value is -0.720. The molecule has 0 atom stereocenters. The Morgan fingerprint density at radius 2 is 2.00 bits per heavy atom. The minimum Gasteiger partial charge on any atom is -0.260 e. The van der Waals surface area contributed by atoms with Crippen molar-refractivity contribution in [1.29, 1.82) is 0 Å². The second-order valence-corrected chi connectivity index (χ2v) is 7.19. The Morgan fingerprint density at radius 3 is 2.63 bits per heavy atom. The van der Waals surface area contributed by atoms with Crippen LogP contribution in [0.25, 0.3) is 0 Å². The van der Waals surface area contributed by atoms with Crippen molar-refractivity contribution >= 4 is 21.6 Å². The lowest BCUT2D eigenvalue weighted by atomic mass is 9.89. The zero-order chi connectivity index (χ0) is 13.9. The maximum Gasteiger partial charge on any atom is 0.242 e. The summed E-state index contributed by atoms with van der Waals surface area (Å²) in [6, 6.07) is 0.963. The standard InChI is InChI=1S/C12H16ClFN2O2S/c13-10-3-1-9(2-4-10)6-16-19(17,18)12-5-11(14)7-15-8-12/h5,7-10,16H,1-4,6H2. The van der Waals surface area contributed by atoms with Crippen molar-refractivity contribution in [3.8, 4) is 0 Å². The van der Waals surface area contributed by atoms with Gasteiger partial charge in [-0.05, 0) is 37.7 Å². The van der Waals surface area contributed by atoms with E-state index in [1.807, 2.05) is 0 Å². The molecule has 1 heterocycles. The number of pyridine rings is 1. The second kappa shape index (κ2) is 6.15. The van der Waals surface area contributed by atoms with Gasteiger partial charge in [-0.15, -0.1) is 11.6 Å². The van der Waals surface area contributed by atoms with E-state index in [0.717, 1.165) is 44.1 Å². The summed E-state index contributed by atoms with van der Waals surface area (Å²) in [5, 5.41) is 0.209. The molecule has 19 heavy (non-hydrogen) atoms. The quantitative estimate of drug-likeness (QED) is 0.868. The average molecular weight is 307 g/mol. The van der Waals surface area contributed by atoms with Gasteiger partial charge >= 0.3 is 0 Å². The van der Waals surface area contributed by atoms with Crippen LogP contribution < -0.4 is 4.72 Å². The van der Waals surface area contributed by atoms with Crippen molar-refractivity contribution in [3.05, 3.63) is 24.3 Å². The zero-order valence-corrected chi connectivity index (χ0v) is 11.9. The van der Waals surface area contributed by atoms with E-state index in [0.29, 0.717) is 12.5 Å². The fourth-order valence-corrected chi connectivity index (χ4v) is 3.52. The molecule has 7 heteroatoms. The summed E-state index contributed by atoms with van der Waals surface area (Å²) in [4.78, 5) is 3.40. The van der Waals surface area contributed by atoms with E-state index in [1.165, 1.54) is 0 Å². The summed E-state index contributed by atoms with van der Waals surface area (Å²) in [5.41, 5.74) is 0. The third-order valence-electron chi connectivity index (χ3n) is 3.33. The predicted octanol–water partition coefficient (Wildman–Crippen LogP) is 2.30. The number of rotatable bonds is 4. The molecule has 106 valence electrons. The van der Waals surface area contributed by atoms with E-state index in [2.05, 4.69) is 9.71 Å². The molecule has 4 nitrogen and oxygen atoms in total. The summed E-state index contributed by atoms with van der Waals surface area (Å²) < 4.78 is 39.4. The molecule has 1 aromatic heterocycles. The van der Waals surface area contributed by atoms with Gasteiger partial charge in [-0.2, -0.15) is 0 Å². The van der Waals surface area contributed by atoms with Crippen LogP contribution in [0.5, 0.6) is 0 Å². The lowest BCUT2D eigenvalue weighted by Crippen LogP contribution is -2.31. The number of alkyl halides is 1. The fourth-order valence-electron chi connectivity index (χ4n) is 2.18. The smallest absolute Gasteiger partial charge is 0.242 e. The van der Waals surface area contributed by atoms with Crippen LogP contribution in [0.1, 0.15) is 25.7 Å². The first kappa shape index (κ1) is 14.7. The van der Waals surface area contributed by atoms with Crippen molar-refractivity contribution in [2.75, 3.05) is 6.54 Å². The van der Waals surface area contributed by atoms with Crippen molar-refractivity contribution < 1.29 is 12.8 Å². The number of halogens is 2. The molecule has 1 aliphatic carbocycles. The largest absolute Gasteiger partial charge is 0.260 e. The number of nitrogens with zero attached hydrogens (tertiary/aromatic N) is 1. The third kappa shape index (κ3) is 4.12. The molecule has 1 saturated carbocycles. The Morgan fingerprint density at radius 1 is 1.32 bits per heavy atom. The summed E-state index contributed by atoms with van der Waals surface area (Å²) >= 11 is 6.00. The van der Waals surface area contributed by atoms with Gasteiger partial charge in [-0.3, -0.25) is 4.98 Å². The topological polar surface area (TPSA) is 59.1 Å². The average Bonchev–Trinajstić information content (AvgIpc) is 2.38. The second-order valence-electron chi connectivity index (χ2n) is 4.81. The SMILES string of the molecule is O=S(=O)(NCC1CCC(Cl)CC1)c1cncc(F)c1. The van der Waals surface area contributed by atoms with Crippen LogP contribution in [0.3, 0.4) is 0 Å². The Labute approximate surface area is 117 Å². The first-order valence-electron chi connectivity index (χ1n) is 6.21. The fraction of sp³-hybridized carbons (Fsp3) is 0.583. The molecule has 0 aliphatic heterocycles. The van der Waals surface area contributed by atoms with Crippen LogP contribution in [0, 0.1) is 11.7 Å². The molecule has 0 aromatic carbocycles. The van der Waals surface area contributed by atoms with E-state index >= 15 is 0 Å². The molecule has 1 N–H and O–H groups in total. The molecular formula is C12H16ClFN2O2S. The van der Waals surface area contributed by atoms with Gasteiger partial charge in [-0.1, -0.05) is 0 Å². The molecule has 1 fully saturated rings. The first-order chi connectivity index (χ1) is 8.97. The molecule has 2 rings (SSSR count). The van der Waals surface area contributed by atoms with Crippen molar-refractivity contribution in [2.45, 2.75) is 36.0 Å². The highest BCUT2D eigenvalue weighted by molar-refractivity contribution is 7.89. The summed E-state index contributed by atoms with van der Waals surface area (Å²) in [6.07, 6.45) is 5.77. The zero-order valence-electron chi connectivity index (χ0n) is 10.4. The highest BCUT2D eigenvalue weighted by atomic mass is 35.5. The Balaban J connectivity index is 1.95. The maximum atomic E-state index is 13.0. The van der Waals surface area contributed by atoms with Gasteiger partial charge < -0.3 is 0 Å². The molecule has 0 radical (unpaired) electrons. The van der Waals surface area contributed by atoms with Gasteiger partial charge in [0.15, 0.2) is 0 Å². The lowest BCUT2D eigenvalue weighted by molar-refractivity contribution is 0.361. The summed E-state index contributed by atoms with van der Waals surface area (Å²) in [7, 11) is -3.68. The highest BCUT2D eigenvalue weighted by Gasteiger charge is 2.22. The molecule has 0 amide bonds. The van der Waals surface area contributed by atoms with E-state index in [1.54, 1.807) is 0 Å². The Kier molecular flexibility index (Phi) is 4.76. The van der Waals surface area contributed by atoms with Crippen LogP contribution in [-0.4, -0.2) is 25.3 Å². The molecule has 0 saturated heterocycles. The number of aromatic nitrogens is 1. The van der Waals surface area contributed by atoms with Crippen LogP contribution >= 0.6 is 11.6 Å². The molecule has 0 unspecified atom stereocenters. The van der Waals surface area contributed by atoms with Crippen molar-refractivity contribution in [3.63, 3.8) is 0 Å². The highest BCUT2D eigenvalue weighted by Crippen LogP contribution is 2.27. The summed E-state index contributed by atoms with van der Waals surface area (Å²) in [5.74, 6) is -0.364. The van der Waals surface area contributed by atoms with Gasteiger partial charge in [-0.25, -0.2) is 17.5 Å². The predicted molar refractivity (Wildman–Crippen MR) is 71.0 cm³/mol. The van der Waals surface area contributed by atoms with Gasteiger partial charge in [0.25, 0.3) is 0 Å². The first-order valence-corrected chi connectivity index (χ1v) is 8.13. The van der Waals surface area contributed by atoms with Crippen LogP contribution in [-0.2, 0) is 10.0 Å². The van der Waals surface area contributed by atoms with Crippen molar-refractivity contribution in [2.24, 2.45) is 5.92 Å². The monoisotopic (exact) mass is 306 g/mol. The number of nitrogens with one attached hydrogen (secondary N) is 1. The molecule has 1 aliphatic rings. The van der Waals surface area contributed by atoms with Crippen LogP contribution in [0.2, 0.25) is 0 Å². The molecule has 0 spiro atoms. The van der Waals surface area contributed by atoms with E-state index in [4.69, 9.17) is 11.6 Å². The molecule has 0 bridgehead atoms. The van der Waals surface area contributed by atoms with Crippen LogP contribution in [0.4, 0.5) is 4.39 Å². The van der Waals surface area contributed by atoms with E-state index in [9.17, 15) is 12.8 Å². The van der Waals surface area contributed by atoms with Gasteiger partial charge in [0, 0.05) is 18.1 Å². The normalized spacial score (nSPS) is 24.3. The lowest BCUT2D eigenvalue weighted by Gasteiger charge is -2.24. The number of sulfonamides is 1. The van der Waals surface area contributed by atoms with E-state index in [-0.39, 0.29) is 10.3 Å². The third-order valence-corrected chi connectivity index (χ3v) is 5.16. The molecular weight excluding hydrogens is 291 g/mol. The van der Waals surface area contributed by atoms with Gasteiger partial charge in [0.1, 0.15) is 10.7 Å². The van der Waals surface area contributed by atoms with Crippen molar-refractivity contribution in [1.82, 2.24) is 9.71 Å². The number of hydrogen-bond acceptors (Lipinski definition) is 3. The van der Waals surface area contributed by atoms with Gasteiger partial charge in [0.2, 0.25) is 10.0 Å². The molecule has 1 aromatic rings. The maximum absolute atomic E-state index is 13.0. The van der Waals surface area contributed by atoms with E-state index < -0.39 is 15.8 Å². The minimum atomic E-state index is -3.68. The summed E-state index contributed by atoms with van der Waals surface area (Å²) in [6.45, 7) is 0.364. The minimum absolute atomic E-state index is 0.140.